The van der Waals surface area contributed by atoms with Gasteiger partial charge in [-0.15, -0.1) is 0 Å². The predicted molar refractivity (Wildman–Crippen MR) is 114 cm³/mol. The Morgan fingerprint density at radius 3 is 2.76 bits per heavy atom. The molecule has 0 bridgehead atoms. The molecule has 1 atom stereocenters. The third kappa shape index (κ3) is 4.65. The van der Waals surface area contributed by atoms with Crippen LogP contribution in [0.25, 0.3) is 0 Å². The molecule has 0 spiro atoms. The molecule has 148 valence electrons. The summed E-state index contributed by atoms with van der Waals surface area (Å²) in [5.41, 5.74) is 4.40. The van der Waals surface area contributed by atoms with Gasteiger partial charge in [-0.2, -0.15) is 0 Å². The molecule has 1 aliphatic rings. The van der Waals surface area contributed by atoms with E-state index < -0.39 is 0 Å². The molecule has 1 aliphatic heterocycles. The van der Waals surface area contributed by atoms with Crippen LogP contribution in [0.4, 0.5) is 0 Å². The lowest BCUT2D eigenvalue weighted by atomic mass is 10.0. The minimum atomic E-state index is -0.0233. The van der Waals surface area contributed by atoms with Gasteiger partial charge in [0.1, 0.15) is 5.75 Å². The van der Waals surface area contributed by atoms with Crippen molar-refractivity contribution < 1.29 is 9.53 Å². The van der Waals surface area contributed by atoms with Gasteiger partial charge in [0.2, 0.25) is 5.91 Å². The van der Waals surface area contributed by atoms with Gasteiger partial charge in [0.15, 0.2) is 0 Å². The van der Waals surface area contributed by atoms with Gasteiger partial charge in [0, 0.05) is 18.9 Å². The Hall–Kier alpha value is -3.14. The number of carbonyl (C=O) groups is 1. The molecule has 0 aliphatic carbocycles. The molecule has 4 rings (SSSR count). The predicted octanol–water partition coefficient (Wildman–Crippen LogP) is 4.74. The van der Waals surface area contributed by atoms with E-state index in [1.54, 1.807) is 6.20 Å². The number of nitrogens with zero attached hydrogens (tertiary/aromatic N) is 2. The Kier molecular flexibility index (Phi) is 5.89. The number of hydrogen-bond acceptors (Lipinski definition) is 3. The van der Waals surface area contributed by atoms with E-state index in [4.69, 9.17) is 4.74 Å². The summed E-state index contributed by atoms with van der Waals surface area (Å²) in [7, 11) is 0. The maximum atomic E-state index is 13.4. The Balaban J connectivity index is 1.57. The molecule has 0 N–H and O–H groups in total. The zero-order chi connectivity index (χ0) is 20.1. The number of hydrogen-bond donors (Lipinski definition) is 0. The molecule has 1 aromatic heterocycles. The Morgan fingerprint density at radius 2 is 1.97 bits per heavy atom. The van der Waals surface area contributed by atoms with Gasteiger partial charge < -0.3 is 9.64 Å². The minimum Gasteiger partial charge on any atom is -0.493 e. The summed E-state index contributed by atoms with van der Waals surface area (Å²) < 4.78 is 5.70. The SMILES string of the molecule is CC(c1ccccc1)N(Cc1cccnc1)C(=O)Cc1ccc2c(c1)CCCO2. The number of ether oxygens (including phenoxy) is 1. The van der Waals surface area contributed by atoms with Crippen LogP contribution in [-0.2, 0) is 24.2 Å². The number of fused-ring (bicyclic) bond motifs is 1. The molecule has 0 fully saturated rings. The number of carbonyl (C=O) groups excluding carboxylic acids is 1. The van der Waals surface area contributed by atoms with E-state index in [0.717, 1.165) is 41.9 Å². The van der Waals surface area contributed by atoms with Crippen LogP contribution in [0.5, 0.6) is 5.75 Å². The van der Waals surface area contributed by atoms with Crippen LogP contribution < -0.4 is 4.74 Å². The van der Waals surface area contributed by atoms with Gasteiger partial charge >= 0.3 is 0 Å². The van der Waals surface area contributed by atoms with Crippen LogP contribution in [0.3, 0.4) is 0 Å². The summed E-state index contributed by atoms with van der Waals surface area (Å²) in [6.45, 7) is 3.40. The number of pyridine rings is 1. The van der Waals surface area contributed by atoms with Crippen LogP contribution in [0.1, 0.15) is 41.6 Å². The average Bonchev–Trinajstić information content (AvgIpc) is 2.78. The Morgan fingerprint density at radius 1 is 1.10 bits per heavy atom. The number of benzene rings is 2. The first kappa shape index (κ1) is 19.2. The maximum Gasteiger partial charge on any atom is 0.227 e. The van der Waals surface area contributed by atoms with Gasteiger partial charge in [0.05, 0.1) is 19.1 Å². The van der Waals surface area contributed by atoms with Crippen LogP contribution in [-0.4, -0.2) is 22.4 Å². The Bertz CT molecular complexity index is 957. The van der Waals surface area contributed by atoms with Gasteiger partial charge in [-0.25, -0.2) is 0 Å². The third-order valence-corrected chi connectivity index (χ3v) is 5.47. The van der Waals surface area contributed by atoms with Crippen LogP contribution in [0.2, 0.25) is 0 Å². The van der Waals surface area contributed by atoms with E-state index in [9.17, 15) is 4.79 Å². The molecule has 4 heteroatoms. The lowest BCUT2D eigenvalue weighted by Crippen LogP contribution is -2.34. The van der Waals surface area contributed by atoms with Gasteiger partial charge in [0.25, 0.3) is 0 Å². The lowest BCUT2D eigenvalue weighted by molar-refractivity contribution is -0.133. The molecule has 2 heterocycles. The molecule has 2 aromatic carbocycles. The van der Waals surface area contributed by atoms with E-state index in [1.807, 2.05) is 53.6 Å². The van der Waals surface area contributed by atoms with Crippen LogP contribution in [0.15, 0.2) is 73.1 Å². The summed E-state index contributed by atoms with van der Waals surface area (Å²) in [6, 6.07) is 20.2. The number of rotatable bonds is 6. The minimum absolute atomic E-state index is 0.0233. The molecule has 0 radical (unpaired) electrons. The smallest absolute Gasteiger partial charge is 0.227 e. The van der Waals surface area contributed by atoms with E-state index in [1.165, 1.54) is 5.56 Å². The highest BCUT2D eigenvalue weighted by Crippen LogP contribution is 2.27. The summed E-state index contributed by atoms with van der Waals surface area (Å²) in [4.78, 5) is 19.5. The fourth-order valence-electron chi connectivity index (χ4n) is 3.84. The molecule has 1 unspecified atom stereocenters. The summed E-state index contributed by atoms with van der Waals surface area (Å²) in [5, 5.41) is 0. The highest BCUT2D eigenvalue weighted by molar-refractivity contribution is 5.79. The second kappa shape index (κ2) is 8.91. The third-order valence-electron chi connectivity index (χ3n) is 5.47. The molecular weight excluding hydrogens is 360 g/mol. The van der Waals surface area contributed by atoms with Crippen molar-refractivity contribution in [3.8, 4) is 5.75 Å². The number of amides is 1. The standard InChI is InChI=1S/C25H26N2O2/c1-19(22-8-3-2-4-9-22)27(18-21-7-5-13-26-17-21)25(28)16-20-11-12-24-23(15-20)10-6-14-29-24/h2-5,7-9,11-13,15,17,19H,6,10,14,16,18H2,1H3. The molecule has 1 amide bonds. The Labute approximate surface area is 172 Å². The average molecular weight is 386 g/mol. The maximum absolute atomic E-state index is 13.4. The van der Waals surface area contributed by atoms with E-state index >= 15 is 0 Å². The van der Waals surface area contributed by atoms with Gasteiger partial charge in [-0.3, -0.25) is 9.78 Å². The lowest BCUT2D eigenvalue weighted by Gasteiger charge is -2.30. The largest absolute Gasteiger partial charge is 0.493 e. The van der Waals surface area contributed by atoms with Gasteiger partial charge in [-0.05, 0) is 54.2 Å². The molecule has 29 heavy (non-hydrogen) atoms. The van der Waals surface area contributed by atoms with E-state index in [2.05, 4.69) is 30.1 Å². The first-order chi connectivity index (χ1) is 14.2. The molecule has 3 aromatic rings. The van der Waals surface area contributed by atoms with Crippen molar-refractivity contribution in [1.82, 2.24) is 9.88 Å². The summed E-state index contributed by atoms with van der Waals surface area (Å²) >= 11 is 0. The quantitative estimate of drug-likeness (QED) is 0.615. The van der Waals surface area contributed by atoms with Crippen molar-refractivity contribution in [1.29, 1.82) is 0 Å². The fraction of sp³-hybridized carbons (Fsp3) is 0.280. The first-order valence-electron chi connectivity index (χ1n) is 10.2. The van der Waals surface area contributed by atoms with Crippen molar-refractivity contribution >= 4 is 5.91 Å². The number of aromatic nitrogens is 1. The van der Waals surface area contributed by atoms with Crippen molar-refractivity contribution in [3.63, 3.8) is 0 Å². The van der Waals surface area contributed by atoms with Crippen molar-refractivity contribution in [2.75, 3.05) is 6.61 Å². The van der Waals surface area contributed by atoms with Crippen LogP contribution >= 0.6 is 0 Å². The van der Waals surface area contributed by atoms with E-state index in [0.29, 0.717) is 13.0 Å². The number of aryl methyl sites for hydroxylation is 1. The molecular formula is C25H26N2O2. The van der Waals surface area contributed by atoms with Gasteiger partial charge in [-0.1, -0.05) is 48.5 Å². The highest BCUT2D eigenvalue weighted by atomic mass is 16.5. The van der Waals surface area contributed by atoms with Crippen molar-refractivity contribution in [3.05, 3.63) is 95.3 Å². The summed E-state index contributed by atoms with van der Waals surface area (Å²) in [5.74, 6) is 1.07. The second-order valence-corrected chi connectivity index (χ2v) is 7.54. The monoisotopic (exact) mass is 386 g/mol. The second-order valence-electron chi connectivity index (χ2n) is 7.54. The summed E-state index contributed by atoms with van der Waals surface area (Å²) in [6.07, 6.45) is 6.00. The zero-order valence-electron chi connectivity index (χ0n) is 16.8. The first-order valence-corrected chi connectivity index (χ1v) is 10.2. The van der Waals surface area contributed by atoms with Crippen LogP contribution in [0, 0.1) is 0 Å². The van der Waals surface area contributed by atoms with Crippen molar-refractivity contribution in [2.24, 2.45) is 0 Å². The van der Waals surface area contributed by atoms with E-state index in [-0.39, 0.29) is 11.9 Å². The van der Waals surface area contributed by atoms with Crippen molar-refractivity contribution in [2.45, 2.75) is 38.8 Å². The zero-order valence-corrected chi connectivity index (χ0v) is 16.8. The fourth-order valence-corrected chi connectivity index (χ4v) is 3.84. The molecule has 4 nitrogen and oxygen atoms in total. The molecule has 0 saturated heterocycles. The highest BCUT2D eigenvalue weighted by Gasteiger charge is 2.22. The molecule has 0 saturated carbocycles. The topological polar surface area (TPSA) is 42.4 Å². The normalized spacial score (nSPS) is 13.8.